The van der Waals surface area contributed by atoms with Crippen molar-refractivity contribution in [2.24, 2.45) is 0 Å². The topological polar surface area (TPSA) is 79.5 Å². The van der Waals surface area contributed by atoms with E-state index in [4.69, 9.17) is 4.52 Å². The van der Waals surface area contributed by atoms with Gasteiger partial charge in [0.05, 0.1) is 12.5 Å². The van der Waals surface area contributed by atoms with Crippen molar-refractivity contribution in [3.8, 4) is 11.4 Å². The molecule has 160 valence electrons. The fraction of sp³-hybridized carbons (Fsp3) is 0.304. The number of carbonyl (C=O) groups is 2. The van der Waals surface area contributed by atoms with E-state index in [9.17, 15) is 14.0 Å². The summed E-state index contributed by atoms with van der Waals surface area (Å²) in [5, 5.41) is 3.97. The predicted octanol–water partition coefficient (Wildman–Crippen LogP) is 3.35. The van der Waals surface area contributed by atoms with E-state index in [-0.39, 0.29) is 30.1 Å². The Hall–Kier alpha value is -3.55. The van der Waals surface area contributed by atoms with Gasteiger partial charge >= 0.3 is 0 Å². The van der Waals surface area contributed by atoms with Crippen LogP contribution in [0.15, 0.2) is 59.1 Å². The maximum Gasteiger partial charge on any atom is 0.254 e. The molecule has 0 radical (unpaired) electrons. The molecule has 7 nitrogen and oxygen atoms in total. The highest BCUT2D eigenvalue weighted by Gasteiger charge is 2.29. The molecule has 1 unspecified atom stereocenters. The second-order valence-corrected chi connectivity index (χ2v) is 7.67. The van der Waals surface area contributed by atoms with E-state index in [2.05, 4.69) is 10.1 Å². The van der Waals surface area contributed by atoms with E-state index in [0.29, 0.717) is 35.9 Å². The van der Waals surface area contributed by atoms with Gasteiger partial charge in [0.15, 0.2) is 0 Å². The molecule has 1 aliphatic heterocycles. The van der Waals surface area contributed by atoms with Crippen LogP contribution in [-0.2, 0) is 4.79 Å². The number of halogens is 1. The second-order valence-electron chi connectivity index (χ2n) is 7.67. The number of nitrogens with zero attached hydrogens (tertiary/aromatic N) is 4. The summed E-state index contributed by atoms with van der Waals surface area (Å²) in [7, 11) is 1.62. The number of amides is 2. The summed E-state index contributed by atoms with van der Waals surface area (Å²) in [4.78, 5) is 32.9. The van der Waals surface area contributed by atoms with Gasteiger partial charge in [-0.3, -0.25) is 9.59 Å². The van der Waals surface area contributed by atoms with Crippen LogP contribution in [0.2, 0.25) is 0 Å². The van der Waals surface area contributed by atoms with Crippen molar-refractivity contribution in [2.75, 3.05) is 26.7 Å². The van der Waals surface area contributed by atoms with E-state index in [1.54, 1.807) is 48.3 Å². The average molecular weight is 422 g/mol. The predicted molar refractivity (Wildman–Crippen MR) is 112 cm³/mol. The molecular weight excluding hydrogens is 399 g/mol. The SMILES string of the molecule is CN(CC(=O)N1CCCC(c2nc(-c3cccc(F)c3)no2)C1)C(=O)c1ccccc1. The molecule has 2 heterocycles. The Kier molecular flexibility index (Phi) is 6.06. The smallest absolute Gasteiger partial charge is 0.254 e. The molecule has 1 aromatic heterocycles. The molecule has 31 heavy (non-hydrogen) atoms. The van der Waals surface area contributed by atoms with Gasteiger partial charge in [-0.1, -0.05) is 35.5 Å². The summed E-state index contributed by atoms with van der Waals surface area (Å²) in [6.45, 7) is 1.06. The number of carbonyl (C=O) groups excluding carboxylic acids is 2. The molecule has 0 N–H and O–H groups in total. The van der Waals surface area contributed by atoms with E-state index in [1.165, 1.54) is 17.0 Å². The van der Waals surface area contributed by atoms with Crippen LogP contribution in [0.25, 0.3) is 11.4 Å². The zero-order valence-corrected chi connectivity index (χ0v) is 17.2. The number of likely N-dealkylation sites (tertiary alicyclic amines) is 1. The van der Waals surface area contributed by atoms with Gasteiger partial charge in [-0.05, 0) is 37.1 Å². The maximum absolute atomic E-state index is 13.5. The standard InChI is InChI=1S/C23H23FN4O3/c1-27(23(30)16-7-3-2-4-8-16)15-20(29)28-12-6-10-18(14-28)22-25-21(26-31-22)17-9-5-11-19(24)13-17/h2-5,7-9,11,13,18H,6,10,12,14-15H2,1H3. The molecule has 3 aromatic rings. The Balaban J connectivity index is 1.39. The Bertz CT molecular complexity index is 1070. The Morgan fingerprint density at radius 3 is 2.77 bits per heavy atom. The number of rotatable bonds is 5. The Labute approximate surface area is 179 Å². The Morgan fingerprint density at radius 2 is 2.00 bits per heavy atom. The minimum absolute atomic E-state index is 0.00117. The highest BCUT2D eigenvalue weighted by Crippen LogP contribution is 2.28. The van der Waals surface area contributed by atoms with E-state index in [0.717, 1.165) is 12.8 Å². The van der Waals surface area contributed by atoms with E-state index >= 15 is 0 Å². The first-order valence-electron chi connectivity index (χ1n) is 10.2. The van der Waals surface area contributed by atoms with Crippen LogP contribution < -0.4 is 0 Å². The van der Waals surface area contributed by atoms with E-state index < -0.39 is 0 Å². The molecule has 8 heteroatoms. The number of benzene rings is 2. The number of piperidine rings is 1. The van der Waals surface area contributed by atoms with E-state index in [1.807, 2.05) is 6.07 Å². The van der Waals surface area contributed by atoms with Gasteiger partial charge in [-0.25, -0.2) is 4.39 Å². The summed E-state index contributed by atoms with van der Waals surface area (Å²) in [6, 6.07) is 14.9. The molecule has 0 bridgehead atoms. The molecule has 1 aliphatic rings. The van der Waals surface area contributed by atoms with Crippen molar-refractivity contribution in [1.29, 1.82) is 0 Å². The Morgan fingerprint density at radius 1 is 1.19 bits per heavy atom. The molecule has 2 amide bonds. The molecule has 1 fully saturated rings. The summed E-state index contributed by atoms with van der Waals surface area (Å²) < 4.78 is 18.9. The highest BCUT2D eigenvalue weighted by molar-refractivity contribution is 5.96. The second kappa shape index (κ2) is 9.07. The monoisotopic (exact) mass is 422 g/mol. The van der Waals surface area contributed by atoms with Gasteiger partial charge < -0.3 is 14.3 Å². The summed E-state index contributed by atoms with van der Waals surface area (Å²) in [5.74, 6) is -0.0211. The average Bonchev–Trinajstić information content (AvgIpc) is 3.30. The van der Waals surface area contributed by atoms with Crippen LogP contribution in [-0.4, -0.2) is 58.4 Å². The first-order chi connectivity index (χ1) is 15.0. The lowest BCUT2D eigenvalue weighted by Crippen LogP contribution is -2.45. The number of likely N-dealkylation sites (N-methyl/N-ethyl adjacent to an activating group) is 1. The van der Waals surface area contributed by atoms with Gasteiger partial charge in [-0.2, -0.15) is 4.98 Å². The summed E-state index contributed by atoms with van der Waals surface area (Å²) in [6.07, 6.45) is 1.61. The molecule has 1 saturated heterocycles. The fourth-order valence-corrected chi connectivity index (χ4v) is 3.73. The van der Waals surface area contributed by atoms with Crippen LogP contribution in [0, 0.1) is 5.82 Å². The maximum atomic E-state index is 13.5. The molecule has 1 atom stereocenters. The van der Waals surface area contributed by atoms with Crippen molar-refractivity contribution in [1.82, 2.24) is 19.9 Å². The van der Waals surface area contributed by atoms with Crippen LogP contribution in [0.3, 0.4) is 0 Å². The first kappa shape index (κ1) is 20.7. The van der Waals surface area contributed by atoms with Crippen LogP contribution >= 0.6 is 0 Å². The number of aromatic nitrogens is 2. The van der Waals surface area contributed by atoms with Crippen LogP contribution in [0.5, 0.6) is 0 Å². The number of hydrogen-bond acceptors (Lipinski definition) is 5. The van der Waals surface area contributed by atoms with Gasteiger partial charge in [0.1, 0.15) is 5.82 Å². The van der Waals surface area contributed by atoms with Crippen molar-refractivity contribution in [2.45, 2.75) is 18.8 Å². The molecule has 4 rings (SSSR count). The van der Waals surface area contributed by atoms with Crippen molar-refractivity contribution >= 4 is 11.8 Å². The van der Waals surface area contributed by atoms with Crippen LogP contribution in [0.4, 0.5) is 4.39 Å². The lowest BCUT2D eigenvalue weighted by Gasteiger charge is -2.32. The first-order valence-corrected chi connectivity index (χ1v) is 10.2. The van der Waals surface area contributed by atoms with Crippen molar-refractivity contribution < 1.29 is 18.5 Å². The fourth-order valence-electron chi connectivity index (χ4n) is 3.73. The summed E-state index contributed by atoms with van der Waals surface area (Å²) in [5.41, 5.74) is 1.09. The normalized spacial score (nSPS) is 16.2. The minimum atomic E-state index is -0.368. The largest absolute Gasteiger partial charge is 0.340 e. The van der Waals surface area contributed by atoms with Crippen LogP contribution in [0.1, 0.15) is 35.0 Å². The third-order valence-electron chi connectivity index (χ3n) is 5.39. The lowest BCUT2D eigenvalue weighted by atomic mass is 9.98. The highest BCUT2D eigenvalue weighted by atomic mass is 19.1. The molecule has 0 aliphatic carbocycles. The zero-order chi connectivity index (χ0) is 21.8. The summed E-state index contributed by atoms with van der Waals surface area (Å²) >= 11 is 0. The molecule has 0 spiro atoms. The van der Waals surface area contributed by atoms with Gasteiger partial charge in [-0.15, -0.1) is 0 Å². The quantitative estimate of drug-likeness (QED) is 0.630. The van der Waals surface area contributed by atoms with Gasteiger partial charge in [0.25, 0.3) is 5.91 Å². The number of hydrogen-bond donors (Lipinski definition) is 0. The molecule has 2 aromatic carbocycles. The van der Waals surface area contributed by atoms with Crippen molar-refractivity contribution in [3.05, 3.63) is 71.9 Å². The van der Waals surface area contributed by atoms with Gasteiger partial charge in [0.2, 0.25) is 17.6 Å². The molecular formula is C23H23FN4O3. The zero-order valence-electron chi connectivity index (χ0n) is 17.2. The van der Waals surface area contributed by atoms with Gasteiger partial charge in [0, 0.05) is 31.3 Å². The molecule has 0 saturated carbocycles. The van der Waals surface area contributed by atoms with Crippen molar-refractivity contribution in [3.63, 3.8) is 0 Å². The third-order valence-corrected chi connectivity index (χ3v) is 5.39. The lowest BCUT2D eigenvalue weighted by molar-refractivity contribution is -0.133. The third kappa shape index (κ3) is 4.79. The minimum Gasteiger partial charge on any atom is -0.340 e.